The summed E-state index contributed by atoms with van der Waals surface area (Å²) in [7, 11) is 0. The normalized spacial score (nSPS) is 12.0. The zero-order valence-corrected chi connectivity index (χ0v) is 13.5. The Kier molecular flexibility index (Phi) is 4.16. The lowest BCUT2D eigenvalue weighted by Gasteiger charge is -2.08. The van der Waals surface area contributed by atoms with Crippen LogP contribution in [0.25, 0.3) is 0 Å². The van der Waals surface area contributed by atoms with Gasteiger partial charge in [0.2, 0.25) is 0 Å². The minimum atomic E-state index is -0.690. The lowest BCUT2D eigenvalue weighted by molar-refractivity contribution is 0.468. The van der Waals surface area contributed by atoms with E-state index in [4.69, 9.17) is 4.74 Å². The monoisotopic (exact) mass is 346 g/mol. The number of fused-ring (bicyclic) bond motifs is 1. The van der Waals surface area contributed by atoms with Crippen LogP contribution < -0.4 is 4.74 Å². The highest BCUT2D eigenvalue weighted by Gasteiger charge is 2.15. The second-order valence-corrected chi connectivity index (χ2v) is 5.66. The zero-order valence-electron chi connectivity index (χ0n) is 13.5. The molecule has 5 heteroatoms. The average molecular weight is 346 g/mol. The van der Waals surface area contributed by atoms with Crippen molar-refractivity contribution in [2.24, 2.45) is 4.99 Å². The van der Waals surface area contributed by atoms with E-state index in [1.807, 2.05) is 24.3 Å². The fourth-order valence-electron chi connectivity index (χ4n) is 2.62. The van der Waals surface area contributed by atoms with E-state index in [-0.39, 0.29) is 5.75 Å². The fourth-order valence-corrected chi connectivity index (χ4v) is 2.62. The lowest BCUT2D eigenvalue weighted by atomic mass is 10.1. The molecule has 26 heavy (non-hydrogen) atoms. The molecule has 3 aromatic rings. The molecule has 0 radical (unpaired) electrons. The second kappa shape index (κ2) is 6.77. The van der Waals surface area contributed by atoms with E-state index in [9.17, 15) is 8.78 Å². The molecule has 2 heterocycles. The van der Waals surface area contributed by atoms with Gasteiger partial charge in [0.25, 0.3) is 0 Å². The summed E-state index contributed by atoms with van der Waals surface area (Å²) in [4.78, 5) is 8.60. The van der Waals surface area contributed by atoms with Crippen LogP contribution in [0, 0.1) is 23.5 Å². The molecule has 1 aromatic heterocycles. The second-order valence-electron chi connectivity index (χ2n) is 5.66. The number of pyridine rings is 1. The summed E-state index contributed by atoms with van der Waals surface area (Å²) in [6.45, 7) is 0.538. The molecule has 0 saturated heterocycles. The number of ether oxygens (including phenoxy) is 1. The van der Waals surface area contributed by atoms with Gasteiger partial charge in [-0.2, -0.15) is 0 Å². The number of hydrogen-bond acceptors (Lipinski definition) is 3. The van der Waals surface area contributed by atoms with Gasteiger partial charge >= 0.3 is 0 Å². The van der Waals surface area contributed by atoms with E-state index < -0.39 is 11.6 Å². The first-order valence-electron chi connectivity index (χ1n) is 7.92. The van der Waals surface area contributed by atoms with Crippen LogP contribution in [0.5, 0.6) is 11.5 Å². The summed E-state index contributed by atoms with van der Waals surface area (Å²) in [5.41, 5.74) is 3.17. The van der Waals surface area contributed by atoms with Crippen molar-refractivity contribution in [2.45, 2.75) is 6.54 Å². The van der Waals surface area contributed by atoms with Crippen molar-refractivity contribution < 1.29 is 13.5 Å². The summed E-state index contributed by atoms with van der Waals surface area (Å²) in [6, 6.07) is 14.0. The summed E-state index contributed by atoms with van der Waals surface area (Å²) in [5, 5.41) is 0. The predicted molar refractivity (Wildman–Crippen MR) is 94.2 cm³/mol. The molecule has 4 rings (SSSR count). The van der Waals surface area contributed by atoms with E-state index in [1.54, 1.807) is 18.3 Å². The van der Waals surface area contributed by atoms with Crippen LogP contribution in [0.4, 0.5) is 8.78 Å². The van der Waals surface area contributed by atoms with Crippen LogP contribution in [0.3, 0.4) is 0 Å². The number of halogens is 2. The molecular weight excluding hydrogens is 334 g/mol. The van der Waals surface area contributed by atoms with Crippen molar-refractivity contribution in [1.29, 1.82) is 0 Å². The third kappa shape index (κ3) is 3.45. The van der Waals surface area contributed by atoms with Gasteiger partial charge in [0, 0.05) is 30.0 Å². The Labute approximate surface area is 149 Å². The molecule has 0 unspecified atom stereocenters. The molecule has 0 amide bonds. The molecule has 0 fully saturated rings. The lowest BCUT2D eigenvalue weighted by Crippen LogP contribution is -1.96. The zero-order chi connectivity index (χ0) is 17.9. The molecule has 1 aliphatic heterocycles. The SMILES string of the molecule is Fc1cc(F)cc(Oc2ccc3c(c2)C(C#Cc2ccccn2)=NC3)c1. The summed E-state index contributed by atoms with van der Waals surface area (Å²) < 4.78 is 32.2. The van der Waals surface area contributed by atoms with Gasteiger partial charge in [0.15, 0.2) is 0 Å². The molecule has 2 aromatic carbocycles. The largest absolute Gasteiger partial charge is 0.457 e. The fraction of sp³-hybridized carbons (Fsp3) is 0.0476. The van der Waals surface area contributed by atoms with Crippen LogP contribution in [0.1, 0.15) is 16.8 Å². The first-order chi connectivity index (χ1) is 12.7. The first kappa shape index (κ1) is 16.0. The number of rotatable bonds is 2. The standard InChI is InChI=1S/C21H12F2N2O/c22-15-9-16(23)11-19(10-15)26-18-6-4-14-13-25-21(20(14)12-18)7-5-17-3-1-2-8-24-17/h1-4,6,8-12H,13H2. The topological polar surface area (TPSA) is 34.5 Å². The van der Waals surface area contributed by atoms with Crippen molar-refractivity contribution in [2.75, 3.05) is 0 Å². The Morgan fingerprint density at radius 1 is 0.885 bits per heavy atom. The van der Waals surface area contributed by atoms with Crippen LogP contribution in [-0.4, -0.2) is 10.7 Å². The van der Waals surface area contributed by atoms with E-state index in [2.05, 4.69) is 21.8 Å². The number of nitrogens with zero attached hydrogens (tertiary/aromatic N) is 2. The predicted octanol–water partition coefficient (Wildman–Crippen LogP) is 4.51. The van der Waals surface area contributed by atoms with Gasteiger partial charge in [-0.05, 0) is 41.7 Å². The Morgan fingerprint density at radius 2 is 1.73 bits per heavy atom. The van der Waals surface area contributed by atoms with Gasteiger partial charge in [0.05, 0.1) is 6.54 Å². The highest BCUT2D eigenvalue weighted by Crippen LogP contribution is 2.28. The number of aliphatic imine (C=N–C) groups is 1. The average Bonchev–Trinajstić information content (AvgIpc) is 3.02. The van der Waals surface area contributed by atoms with Gasteiger partial charge in [-0.1, -0.05) is 12.1 Å². The molecule has 0 atom stereocenters. The van der Waals surface area contributed by atoms with Crippen LogP contribution >= 0.6 is 0 Å². The molecular formula is C21H12F2N2O. The summed E-state index contributed by atoms with van der Waals surface area (Å²) in [6.07, 6.45) is 1.68. The van der Waals surface area contributed by atoms with E-state index >= 15 is 0 Å². The Morgan fingerprint density at radius 3 is 2.50 bits per heavy atom. The third-order valence-corrected chi connectivity index (χ3v) is 3.79. The molecule has 0 saturated carbocycles. The third-order valence-electron chi connectivity index (χ3n) is 3.79. The van der Waals surface area contributed by atoms with Gasteiger partial charge in [-0.25, -0.2) is 13.8 Å². The van der Waals surface area contributed by atoms with Crippen molar-refractivity contribution in [3.05, 3.63) is 89.2 Å². The maximum Gasteiger partial charge on any atom is 0.133 e. The minimum Gasteiger partial charge on any atom is -0.457 e. The Bertz CT molecular complexity index is 1050. The van der Waals surface area contributed by atoms with Gasteiger partial charge in [-0.15, -0.1) is 0 Å². The van der Waals surface area contributed by atoms with Crippen LogP contribution in [-0.2, 0) is 6.54 Å². The van der Waals surface area contributed by atoms with Gasteiger partial charge in [0.1, 0.15) is 34.5 Å². The van der Waals surface area contributed by atoms with Crippen LogP contribution in [0.15, 0.2) is 65.8 Å². The van der Waals surface area contributed by atoms with Gasteiger partial charge in [-0.3, -0.25) is 4.99 Å². The summed E-state index contributed by atoms with van der Waals surface area (Å²) in [5.74, 6) is 5.18. The quantitative estimate of drug-likeness (QED) is 0.640. The molecule has 0 spiro atoms. The molecule has 1 aliphatic rings. The number of benzene rings is 2. The number of aromatic nitrogens is 1. The van der Waals surface area contributed by atoms with E-state index in [1.165, 1.54) is 0 Å². The molecule has 126 valence electrons. The Balaban J connectivity index is 1.61. The maximum atomic E-state index is 13.3. The molecule has 3 nitrogen and oxygen atoms in total. The number of hydrogen-bond donors (Lipinski definition) is 0. The van der Waals surface area contributed by atoms with Crippen molar-refractivity contribution in [1.82, 2.24) is 4.98 Å². The summed E-state index contributed by atoms with van der Waals surface area (Å²) >= 11 is 0. The molecule has 0 N–H and O–H groups in total. The van der Waals surface area contributed by atoms with Gasteiger partial charge < -0.3 is 4.74 Å². The van der Waals surface area contributed by atoms with Crippen LogP contribution in [0.2, 0.25) is 0 Å². The molecule has 0 aliphatic carbocycles. The minimum absolute atomic E-state index is 0.0958. The van der Waals surface area contributed by atoms with Crippen molar-refractivity contribution in [3.8, 4) is 23.3 Å². The maximum absolute atomic E-state index is 13.3. The smallest absolute Gasteiger partial charge is 0.133 e. The Hall–Kier alpha value is -3.52. The van der Waals surface area contributed by atoms with Crippen molar-refractivity contribution in [3.63, 3.8) is 0 Å². The van der Waals surface area contributed by atoms with Crippen molar-refractivity contribution >= 4 is 5.71 Å². The highest BCUT2D eigenvalue weighted by molar-refractivity contribution is 6.15. The highest BCUT2D eigenvalue weighted by atomic mass is 19.1. The first-order valence-corrected chi connectivity index (χ1v) is 7.92. The van der Waals surface area contributed by atoms with E-state index in [0.29, 0.717) is 23.7 Å². The molecule has 0 bridgehead atoms. The van der Waals surface area contributed by atoms with E-state index in [0.717, 1.165) is 29.3 Å².